The Kier molecular flexibility index (Phi) is 4.85. The van der Waals surface area contributed by atoms with Gasteiger partial charge in [-0.05, 0) is 30.7 Å². The van der Waals surface area contributed by atoms with Crippen molar-refractivity contribution in [1.29, 1.82) is 0 Å². The number of para-hydroxylation sites is 1. The maximum atomic E-state index is 3.29. The van der Waals surface area contributed by atoms with E-state index in [2.05, 4.69) is 72.2 Å². The molecule has 0 aromatic heterocycles. The minimum Gasteiger partial charge on any atom is -0.366 e. The molecule has 0 aliphatic carbocycles. The van der Waals surface area contributed by atoms with Gasteiger partial charge in [0.2, 0.25) is 0 Å². The fourth-order valence-corrected chi connectivity index (χ4v) is 2.34. The molecule has 102 valence electrons. The molecule has 0 spiro atoms. The summed E-state index contributed by atoms with van der Waals surface area (Å²) in [6.07, 6.45) is 0. The third-order valence-corrected chi connectivity index (χ3v) is 3.34. The van der Waals surface area contributed by atoms with Crippen LogP contribution in [0.4, 0.5) is 5.69 Å². The first-order valence-electron chi connectivity index (χ1n) is 7.32. The highest BCUT2D eigenvalue weighted by Crippen LogP contribution is 2.24. The van der Waals surface area contributed by atoms with Crippen molar-refractivity contribution >= 4 is 5.69 Å². The number of benzene rings is 2. The summed E-state index contributed by atoms with van der Waals surface area (Å²) in [5, 5.41) is 0. The van der Waals surface area contributed by atoms with Gasteiger partial charge in [-0.1, -0.05) is 56.0 Å². The Morgan fingerprint density at radius 2 is 1.50 bits per heavy atom. The van der Waals surface area contributed by atoms with Crippen molar-refractivity contribution in [2.75, 3.05) is 11.4 Å². The van der Waals surface area contributed by atoms with Crippen molar-refractivity contribution in [1.82, 2.24) is 0 Å². The van der Waals surface area contributed by atoms with Gasteiger partial charge in [-0.25, -0.2) is 0 Å². The Morgan fingerprint density at radius 3 is 2.25 bits per heavy atom. The largest absolute Gasteiger partial charge is 0.366 e. The van der Waals surface area contributed by atoms with Gasteiger partial charge < -0.3 is 4.90 Å². The molecule has 0 saturated heterocycles. The molecule has 1 heterocycles. The lowest BCUT2D eigenvalue weighted by atomic mass is 10.0. The third kappa shape index (κ3) is 2.86. The number of hydrogen-bond acceptors (Lipinski definition) is 1. The number of hydrogen-bond donors (Lipinski definition) is 0. The molecule has 0 radical (unpaired) electrons. The zero-order valence-electron chi connectivity index (χ0n) is 12.5. The molecule has 2 aromatic carbocycles. The van der Waals surface area contributed by atoms with Crippen LogP contribution in [-0.4, -0.2) is 6.54 Å². The minimum atomic E-state index is 0.929. The minimum absolute atomic E-state index is 0.929. The van der Waals surface area contributed by atoms with Gasteiger partial charge in [-0.2, -0.15) is 0 Å². The number of nitrogens with zero attached hydrogens (tertiary/aromatic N) is 1. The molecule has 0 fully saturated rings. The highest BCUT2D eigenvalue weighted by Gasteiger charge is 2.12. The molecule has 1 aliphatic heterocycles. The quantitative estimate of drug-likeness (QED) is 0.687. The number of fused-ring (bicyclic) bond motifs is 2. The van der Waals surface area contributed by atoms with E-state index in [-0.39, 0.29) is 0 Å². The summed E-state index contributed by atoms with van der Waals surface area (Å²) in [6, 6.07) is 16.8. The highest BCUT2D eigenvalue weighted by molar-refractivity contribution is 5.64. The van der Waals surface area contributed by atoms with Gasteiger partial charge in [0.25, 0.3) is 0 Å². The van der Waals surface area contributed by atoms with Crippen LogP contribution in [0.5, 0.6) is 0 Å². The van der Waals surface area contributed by atoms with E-state index in [4.69, 9.17) is 0 Å². The van der Waals surface area contributed by atoms with Crippen LogP contribution in [0.25, 0.3) is 0 Å². The second kappa shape index (κ2) is 6.82. The Balaban J connectivity index is 0.000000704. The lowest BCUT2D eigenvalue weighted by Gasteiger charge is -2.26. The molecule has 20 heavy (non-hydrogen) atoms. The summed E-state index contributed by atoms with van der Waals surface area (Å²) in [4.78, 5) is 2.38. The maximum absolute atomic E-state index is 3.29. The normalized spacial score (nSPS) is 11.7. The molecule has 1 heteroatoms. The fraction of sp³-hybridized carbons (Fsp3) is 0.263. The Bertz CT molecular complexity index is 631. The van der Waals surface area contributed by atoms with Gasteiger partial charge in [0.1, 0.15) is 0 Å². The summed E-state index contributed by atoms with van der Waals surface area (Å²) in [5.41, 5.74) is 4.81. The summed E-state index contributed by atoms with van der Waals surface area (Å²) in [5.74, 6) is 6.58. The maximum Gasteiger partial charge on any atom is 0.0528 e. The predicted molar refractivity (Wildman–Crippen MR) is 86.9 cm³/mol. The smallest absolute Gasteiger partial charge is 0.0528 e. The van der Waals surface area contributed by atoms with Crippen LogP contribution >= 0.6 is 0 Å². The van der Waals surface area contributed by atoms with Crippen LogP contribution in [-0.2, 0) is 6.54 Å². The second-order valence-electron chi connectivity index (χ2n) is 4.44. The molecule has 1 aliphatic rings. The van der Waals surface area contributed by atoms with Crippen LogP contribution in [0.3, 0.4) is 0 Å². The van der Waals surface area contributed by atoms with Crippen molar-refractivity contribution in [3.05, 3.63) is 65.2 Å². The van der Waals surface area contributed by atoms with E-state index in [9.17, 15) is 0 Å². The Morgan fingerprint density at radius 1 is 0.900 bits per heavy atom. The van der Waals surface area contributed by atoms with Crippen molar-refractivity contribution in [3.8, 4) is 11.8 Å². The molecule has 2 aromatic rings. The summed E-state index contributed by atoms with van der Waals surface area (Å²) in [6.45, 7) is 8.11. The van der Waals surface area contributed by atoms with E-state index < -0.39 is 0 Å². The third-order valence-electron chi connectivity index (χ3n) is 3.34. The molecule has 0 atom stereocenters. The molecule has 3 rings (SSSR count). The predicted octanol–water partition coefficient (Wildman–Crippen LogP) is 4.45. The first-order chi connectivity index (χ1) is 9.88. The van der Waals surface area contributed by atoms with Gasteiger partial charge >= 0.3 is 0 Å². The molecule has 0 N–H and O–H groups in total. The average molecular weight is 263 g/mol. The molecular weight excluding hydrogens is 242 g/mol. The lowest BCUT2D eigenvalue weighted by molar-refractivity contribution is 0.828. The molecule has 0 saturated carbocycles. The summed E-state index contributed by atoms with van der Waals surface area (Å²) >= 11 is 0. The molecular formula is C19H21N. The summed E-state index contributed by atoms with van der Waals surface area (Å²) in [7, 11) is 0. The van der Waals surface area contributed by atoms with Crippen molar-refractivity contribution in [2.45, 2.75) is 27.3 Å². The van der Waals surface area contributed by atoms with Crippen molar-refractivity contribution in [3.63, 3.8) is 0 Å². The lowest BCUT2D eigenvalue weighted by Crippen LogP contribution is -2.24. The van der Waals surface area contributed by atoms with Gasteiger partial charge in [0.05, 0.1) is 5.69 Å². The van der Waals surface area contributed by atoms with Crippen LogP contribution in [0, 0.1) is 11.8 Å². The van der Waals surface area contributed by atoms with E-state index in [0.717, 1.165) is 24.2 Å². The molecule has 1 nitrogen and oxygen atoms in total. The second-order valence-corrected chi connectivity index (χ2v) is 4.44. The molecule has 0 amide bonds. The topological polar surface area (TPSA) is 3.24 Å². The first-order valence-corrected chi connectivity index (χ1v) is 7.32. The van der Waals surface area contributed by atoms with E-state index in [0.29, 0.717) is 0 Å². The Hall–Kier alpha value is -2.20. The van der Waals surface area contributed by atoms with E-state index in [1.807, 2.05) is 13.8 Å². The van der Waals surface area contributed by atoms with Crippen LogP contribution in [0.2, 0.25) is 0 Å². The van der Waals surface area contributed by atoms with Crippen molar-refractivity contribution < 1.29 is 0 Å². The van der Waals surface area contributed by atoms with Gasteiger partial charge in [0, 0.05) is 24.2 Å². The summed E-state index contributed by atoms with van der Waals surface area (Å²) < 4.78 is 0. The number of anilines is 1. The van der Waals surface area contributed by atoms with Gasteiger partial charge in [-0.15, -0.1) is 0 Å². The van der Waals surface area contributed by atoms with Gasteiger partial charge in [-0.3, -0.25) is 0 Å². The Labute approximate surface area is 122 Å². The number of rotatable bonds is 1. The standard InChI is InChI=1S/C17H15N.C2H6/c1-2-18-13-16-9-4-3-7-14(16)11-12-15-8-5-6-10-17(15)18;1-2/h3-10H,2,13H2,1H3;1-2H3. The average Bonchev–Trinajstić information content (AvgIpc) is 2.52. The van der Waals surface area contributed by atoms with E-state index in [1.54, 1.807) is 0 Å². The monoisotopic (exact) mass is 263 g/mol. The van der Waals surface area contributed by atoms with Gasteiger partial charge in [0.15, 0.2) is 0 Å². The van der Waals surface area contributed by atoms with Crippen LogP contribution in [0.15, 0.2) is 48.5 Å². The zero-order valence-corrected chi connectivity index (χ0v) is 12.5. The van der Waals surface area contributed by atoms with Crippen LogP contribution < -0.4 is 4.90 Å². The van der Waals surface area contributed by atoms with Crippen molar-refractivity contribution in [2.24, 2.45) is 0 Å². The highest BCUT2D eigenvalue weighted by atomic mass is 15.1. The van der Waals surface area contributed by atoms with Crippen LogP contribution in [0.1, 0.15) is 37.5 Å². The van der Waals surface area contributed by atoms with E-state index >= 15 is 0 Å². The SMILES string of the molecule is CC.CCN1Cc2ccccc2C#Cc2ccccc21. The molecule has 0 unspecified atom stereocenters. The first kappa shape index (κ1) is 14.2. The fourth-order valence-electron chi connectivity index (χ4n) is 2.34. The molecule has 0 bridgehead atoms. The zero-order chi connectivity index (χ0) is 14.4. The van der Waals surface area contributed by atoms with E-state index in [1.165, 1.54) is 11.3 Å².